The molecule has 2 aromatic rings. The van der Waals surface area contributed by atoms with Gasteiger partial charge in [-0.25, -0.2) is 15.0 Å². The van der Waals surface area contributed by atoms with Gasteiger partial charge in [-0.2, -0.15) is 0 Å². The average molecular weight is 300 g/mol. The zero-order chi connectivity index (χ0) is 15.4. The molecule has 6 nitrogen and oxygen atoms in total. The highest BCUT2D eigenvalue weighted by atomic mass is 15.2. The minimum absolute atomic E-state index is 0.572. The summed E-state index contributed by atoms with van der Waals surface area (Å²) in [4.78, 5) is 17.4. The minimum atomic E-state index is 0.572. The largest absolute Gasteiger partial charge is 0.356 e. The SMILES string of the molecule is CN(c1ccncn1)C1CCN(CCc2cncn2C)CC1. The van der Waals surface area contributed by atoms with Crippen molar-refractivity contribution in [3.63, 3.8) is 0 Å². The Hall–Kier alpha value is -1.95. The predicted octanol–water partition coefficient (Wildman–Crippen LogP) is 1.35. The van der Waals surface area contributed by atoms with Gasteiger partial charge in [0.05, 0.1) is 6.33 Å². The van der Waals surface area contributed by atoms with Gasteiger partial charge in [0.25, 0.3) is 0 Å². The number of likely N-dealkylation sites (tertiary alicyclic amines) is 1. The zero-order valence-corrected chi connectivity index (χ0v) is 13.4. The summed E-state index contributed by atoms with van der Waals surface area (Å²) in [5.41, 5.74) is 1.31. The number of anilines is 1. The molecule has 3 heterocycles. The summed E-state index contributed by atoms with van der Waals surface area (Å²) in [7, 11) is 4.20. The van der Waals surface area contributed by atoms with Crippen LogP contribution in [0.3, 0.4) is 0 Å². The summed E-state index contributed by atoms with van der Waals surface area (Å²) >= 11 is 0. The molecule has 22 heavy (non-hydrogen) atoms. The molecule has 3 rings (SSSR count). The van der Waals surface area contributed by atoms with Crippen LogP contribution in [0.1, 0.15) is 18.5 Å². The van der Waals surface area contributed by atoms with Gasteiger partial charge in [-0.05, 0) is 18.9 Å². The summed E-state index contributed by atoms with van der Waals surface area (Å²) in [6, 6.07) is 2.55. The number of hydrogen-bond donors (Lipinski definition) is 0. The Labute approximate surface area is 131 Å². The molecular weight excluding hydrogens is 276 g/mol. The van der Waals surface area contributed by atoms with Gasteiger partial charge in [-0.1, -0.05) is 0 Å². The molecule has 2 aromatic heterocycles. The van der Waals surface area contributed by atoms with Gasteiger partial charge in [0, 0.05) is 64.3 Å². The van der Waals surface area contributed by atoms with Crippen LogP contribution in [0, 0.1) is 0 Å². The Morgan fingerprint density at radius 2 is 2.09 bits per heavy atom. The topological polar surface area (TPSA) is 50.1 Å². The molecule has 0 saturated carbocycles. The third-order valence-electron chi connectivity index (χ3n) is 4.63. The van der Waals surface area contributed by atoms with Crippen molar-refractivity contribution in [1.29, 1.82) is 0 Å². The summed E-state index contributed by atoms with van der Waals surface area (Å²) in [5.74, 6) is 1.02. The van der Waals surface area contributed by atoms with Crippen LogP contribution in [0.15, 0.2) is 31.1 Å². The summed E-state index contributed by atoms with van der Waals surface area (Å²) in [5, 5.41) is 0. The maximum Gasteiger partial charge on any atom is 0.131 e. The molecule has 1 fully saturated rings. The number of aromatic nitrogens is 4. The van der Waals surface area contributed by atoms with E-state index in [-0.39, 0.29) is 0 Å². The molecule has 6 heteroatoms. The van der Waals surface area contributed by atoms with Crippen molar-refractivity contribution in [2.24, 2.45) is 7.05 Å². The molecule has 0 atom stereocenters. The fourth-order valence-electron chi connectivity index (χ4n) is 3.11. The van der Waals surface area contributed by atoms with Gasteiger partial charge >= 0.3 is 0 Å². The highest BCUT2D eigenvalue weighted by molar-refractivity contribution is 5.36. The fraction of sp³-hybridized carbons (Fsp3) is 0.562. The van der Waals surface area contributed by atoms with Crippen molar-refractivity contribution in [2.45, 2.75) is 25.3 Å². The lowest BCUT2D eigenvalue weighted by Gasteiger charge is -2.37. The van der Waals surface area contributed by atoms with Crippen LogP contribution >= 0.6 is 0 Å². The predicted molar refractivity (Wildman–Crippen MR) is 86.8 cm³/mol. The summed E-state index contributed by atoms with van der Waals surface area (Å²) < 4.78 is 2.11. The number of rotatable bonds is 5. The van der Waals surface area contributed by atoms with E-state index < -0.39 is 0 Å². The van der Waals surface area contributed by atoms with E-state index in [1.807, 2.05) is 24.8 Å². The minimum Gasteiger partial charge on any atom is -0.356 e. The average Bonchev–Trinajstić information content (AvgIpc) is 2.99. The molecule has 0 aromatic carbocycles. The van der Waals surface area contributed by atoms with Crippen LogP contribution in [0.25, 0.3) is 0 Å². The molecule has 1 saturated heterocycles. The van der Waals surface area contributed by atoms with Crippen LogP contribution < -0.4 is 4.90 Å². The Morgan fingerprint density at radius 1 is 1.27 bits per heavy atom. The molecule has 0 N–H and O–H groups in total. The van der Waals surface area contributed by atoms with E-state index in [1.54, 1.807) is 6.33 Å². The van der Waals surface area contributed by atoms with E-state index in [0.717, 1.165) is 31.9 Å². The zero-order valence-electron chi connectivity index (χ0n) is 13.4. The Balaban J connectivity index is 1.47. The second-order valence-electron chi connectivity index (χ2n) is 6.00. The summed E-state index contributed by atoms with van der Waals surface area (Å²) in [6.07, 6.45) is 10.7. The molecule has 1 aliphatic rings. The lowest BCUT2D eigenvalue weighted by Crippen LogP contribution is -2.44. The highest BCUT2D eigenvalue weighted by Gasteiger charge is 2.23. The number of aryl methyl sites for hydroxylation is 1. The fourth-order valence-corrected chi connectivity index (χ4v) is 3.11. The molecule has 0 bridgehead atoms. The quantitative estimate of drug-likeness (QED) is 0.834. The van der Waals surface area contributed by atoms with Gasteiger partial charge < -0.3 is 14.4 Å². The standard InChI is InChI=1S/C16H24N6/c1-20-13-18-11-15(20)6-10-22-8-4-14(5-9-22)21(2)16-3-7-17-12-19-16/h3,7,11-14H,4-6,8-10H2,1-2H3. The highest BCUT2D eigenvalue weighted by Crippen LogP contribution is 2.20. The monoisotopic (exact) mass is 300 g/mol. The van der Waals surface area contributed by atoms with E-state index in [9.17, 15) is 0 Å². The van der Waals surface area contributed by atoms with Gasteiger partial charge in [-0.15, -0.1) is 0 Å². The van der Waals surface area contributed by atoms with E-state index >= 15 is 0 Å². The Morgan fingerprint density at radius 3 is 2.73 bits per heavy atom. The van der Waals surface area contributed by atoms with Crippen molar-refractivity contribution in [1.82, 2.24) is 24.4 Å². The lowest BCUT2D eigenvalue weighted by molar-refractivity contribution is 0.212. The lowest BCUT2D eigenvalue weighted by atomic mass is 10.0. The molecule has 0 aliphatic carbocycles. The van der Waals surface area contributed by atoms with Gasteiger partial charge in [0.15, 0.2) is 0 Å². The number of hydrogen-bond acceptors (Lipinski definition) is 5. The van der Waals surface area contributed by atoms with E-state index in [2.05, 4.69) is 43.4 Å². The molecule has 0 unspecified atom stereocenters. The van der Waals surface area contributed by atoms with Crippen LogP contribution in [-0.4, -0.2) is 57.1 Å². The van der Waals surface area contributed by atoms with Crippen LogP contribution in [0.5, 0.6) is 0 Å². The van der Waals surface area contributed by atoms with Crippen LogP contribution in [0.4, 0.5) is 5.82 Å². The molecular formula is C16H24N6. The smallest absolute Gasteiger partial charge is 0.131 e. The van der Waals surface area contributed by atoms with Gasteiger partial charge in [-0.3, -0.25) is 0 Å². The second-order valence-corrected chi connectivity index (χ2v) is 6.00. The van der Waals surface area contributed by atoms with Gasteiger partial charge in [0.1, 0.15) is 12.1 Å². The first-order chi connectivity index (χ1) is 10.7. The van der Waals surface area contributed by atoms with Crippen LogP contribution in [-0.2, 0) is 13.5 Å². The normalized spacial score (nSPS) is 16.8. The van der Waals surface area contributed by atoms with E-state index in [1.165, 1.54) is 18.5 Å². The maximum atomic E-state index is 4.34. The number of imidazole rings is 1. The van der Waals surface area contributed by atoms with Crippen molar-refractivity contribution in [3.8, 4) is 0 Å². The summed E-state index contributed by atoms with van der Waals surface area (Å²) in [6.45, 7) is 3.42. The van der Waals surface area contributed by atoms with Gasteiger partial charge in [0.2, 0.25) is 0 Å². The second kappa shape index (κ2) is 6.87. The molecule has 0 spiro atoms. The number of nitrogens with zero attached hydrogens (tertiary/aromatic N) is 6. The molecule has 1 aliphatic heterocycles. The maximum absolute atomic E-state index is 4.34. The third-order valence-corrected chi connectivity index (χ3v) is 4.63. The van der Waals surface area contributed by atoms with Crippen molar-refractivity contribution in [3.05, 3.63) is 36.8 Å². The molecule has 0 radical (unpaired) electrons. The van der Waals surface area contributed by atoms with E-state index in [4.69, 9.17) is 0 Å². The van der Waals surface area contributed by atoms with Crippen molar-refractivity contribution >= 4 is 5.82 Å². The van der Waals surface area contributed by atoms with E-state index in [0.29, 0.717) is 6.04 Å². The number of piperidine rings is 1. The first-order valence-electron chi connectivity index (χ1n) is 7.90. The van der Waals surface area contributed by atoms with Crippen molar-refractivity contribution in [2.75, 3.05) is 31.6 Å². The Bertz CT molecular complexity index is 573. The van der Waals surface area contributed by atoms with Crippen LogP contribution in [0.2, 0.25) is 0 Å². The Kier molecular flexibility index (Phi) is 4.68. The first-order valence-corrected chi connectivity index (χ1v) is 7.90. The van der Waals surface area contributed by atoms with Crippen molar-refractivity contribution < 1.29 is 0 Å². The first kappa shape index (κ1) is 15.0. The molecule has 118 valence electrons. The molecule has 0 amide bonds. The third kappa shape index (κ3) is 3.44.